The molecule has 0 radical (unpaired) electrons. The summed E-state index contributed by atoms with van der Waals surface area (Å²) >= 11 is 0. The maximum absolute atomic E-state index is 13.1. The van der Waals surface area contributed by atoms with Gasteiger partial charge < -0.3 is 15.4 Å². The van der Waals surface area contributed by atoms with Crippen molar-refractivity contribution >= 4 is 5.69 Å². The van der Waals surface area contributed by atoms with Crippen LogP contribution in [0.4, 0.5) is 18.9 Å². The van der Waals surface area contributed by atoms with Crippen molar-refractivity contribution in [2.45, 2.75) is 26.6 Å². The molecule has 0 unspecified atom stereocenters. The van der Waals surface area contributed by atoms with Crippen LogP contribution < -0.4 is 10.6 Å². The Hall–Kier alpha value is -1.27. The first kappa shape index (κ1) is 17.8. The molecular weight excluding hydrogens is 281 g/mol. The third-order valence-electron chi connectivity index (χ3n) is 3.13. The number of benzene rings is 1. The van der Waals surface area contributed by atoms with E-state index >= 15 is 0 Å². The van der Waals surface area contributed by atoms with Gasteiger partial charge >= 0.3 is 6.18 Å². The average molecular weight is 304 g/mol. The summed E-state index contributed by atoms with van der Waals surface area (Å²) in [5, 5.41) is 0. The molecule has 1 aromatic carbocycles. The molecule has 0 atom stereocenters. The molecule has 2 N–H and O–H groups in total. The first-order valence-electron chi connectivity index (χ1n) is 6.93. The maximum atomic E-state index is 13.1. The van der Waals surface area contributed by atoms with E-state index in [9.17, 15) is 13.2 Å². The summed E-state index contributed by atoms with van der Waals surface area (Å²) in [5.74, 6) is 0.338. The van der Waals surface area contributed by atoms with E-state index in [2.05, 4.69) is 0 Å². The predicted octanol–water partition coefficient (Wildman–Crippen LogP) is 3.27. The van der Waals surface area contributed by atoms with Crippen molar-refractivity contribution in [1.29, 1.82) is 0 Å². The SMILES string of the molecule is COCCN(CC(C)C)c1ccc(CN)c(C(F)(F)F)c1. The summed E-state index contributed by atoms with van der Waals surface area (Å²) < 4.78 is 44.3. The lowest BCUT2D eigenvalue weighted by Crippen LogP contribution is -2.31. The van der Waals surface area contributed by atoms with Crippen molar-refractivity contribution in [2.75, 3.05) is 31.7 Å². The lowest BCUT2D eigenvalue weighted by Gasteiger charge is -2.27. The number of methoxy groups -OCH3 is 1. The minimum Gasteiger partial charge on any atom is -0.383 e. The van der Waals surface area contributed by atoms with Gasteiger partial charge in [0.1, 0.15) is 0 Å². The van der Waals surface area contributed by atoms with Crippen LogP contribution in [0.3, 0.4) is 0 Å². The standard InChI is InChI=1S/C15H23F3N2O/c1-11(2)10-20(6-7-21-3)13-5-4-12(9-19)14(8-13)15(16,17)18/h4-5,8,11H,6-7,9-10,19H2,1-3H3. The zero-order chi connectivity index (χ0) is 16.0. The highest BCUT2D eigenvalue weighted by Crippen LogP contribution is 2.34. The van der Waals surface area contributed by atoms with Crippen molar-refractivity contribution in [3.05, 3.63) is 29.3 Å². The molecule has 1 aromatic rings. The Balaban J connectivity index is 3.13. The van der Waals surface area contributed by atoms with E-state index in [4.69, 9.17) is 10.5 Å². The number of hydrogen-bond acceptors (Lipinski definition) is 3. The second-order valence-electron chi connectivity index (χ2n) is 5.38. The highest BCUT2D eigenvalue weighted by atomic mass is 19.4. The zero-order valence-electron chi connectivity index (χ0n) is 12.7. The van der Waals surface area contributed by atoms with Crippen LogP contribution in [0.5, 0.6) is 0 Å². The molecule has 0 fully saturated rings. The number of ether oxygens (including phenoxy) is 1. The van der Waals surface area contributed by atoms with Crippen LogP contribution in [0.15, 0.2) is 18.2 Å². The number of nitrogens with zero attached hydrogens (tertiary/aromatic N) is 1. The normalized spacial score (nSPS) is 12.0. The van der Waals surface area contributed by atoms with Gasteiger partial charge in [-0.2, -0.15) is 13.2 Å². The highest BCUT2D eigenvalue weighted by Gasteiger charge is 2.33. The summed E-state index contributed by atoms with van der Waals surface area (Å²) in [6.07, 6.45) is -4.39. The quantitative estimate of drug-likeness (QED) is 0.840. The van der Waals surface area contributed by atoms with Crippen LogP contribution >= 0.6 is 0 Å². The summed E-state index contributed by atoms with van der Waals surface area (Å²) in [5.41, 5.74) is 5.40. The van der Waals surface area contributed by atoms with E-state index in [0.29, 0.717) is 31.3 Å². The Morgan fingerprint density at radius 2 is 1.95 bits per heavy atom. The van der Waals surface area contributed by atoms with Gasteiger partial charge in [0.05, 0.1) is 12.2 Å². The van der Waals surface area contributed by atoms with Gasteiger partial charge in [0, 0.05) is 32.4 Å². The van der Waals surface area contributed by atoms with E-state index in [-0.39, 0.29) is 12.1 Å². The van der Waals surface area contributed by atoms with E-state index in [1.54, 1.807) is 13.2 Å². The molecule has 120 valence electrons. The first-order chi connectivity index (χ1) is 9.79. The summed E-state index contributed by atoms with van der Waals surface area (Å²) in [4.78, 5) is 1.91. The summed E-state index contributed by atoms with van der Waals surface area (Å²) in [7, 11) is 1.58. The summed E-state index contributed by atoms with van der Waals surface area (Å²) in [6.45, 7) is 5.61. The van der Waals surface area contributed by atoms with Crippen molar-refractivity contribution < 1.29 is 17.9 Å². The van der Waals surface area contributed by atoms with Gasteiger partial charge in [-0.3, -0.25) is 0 Å². The Kier molecular flexibility index (Phi) is 6.48. The minimum absolute atomic E-state index is 0.113. The van der Waals surface area contributed by atoms with Crippen LogP contribution in [-0.2, 0) is 17.5 Å². The van der Waals surface area contributed by atoms with Gasteiger partial charge in [-0.1, -0.05) is 19.9 Å². The Labute approximate surface area is 123 Å². The molecule has 0 heterocycles. The van der Waals surface area contributed by atoms with E-state index in [0.717, 1.165) is 0 Å². The molecule has 21 heavy (non-hydrogen) atoms. The molecule has 0 aliphatic carbocycles. The molecular formula is C15H23F3N2O. The predicted molar refractivity (Wildman–Crippen MR) is 78.3 cm³/mol. The van der Waals surface area contributed by atoms with Crippen LogP contribution in [0, 0.1) is 5.92 Å². The van der Waals surface area contributed by atoms with Crippen molar-refractivity contribution in [3.8, 4) is 0 Å². The molecule has 0 aromatic heterocycles. The Morgan fingerprint density at radius 1 is 1.29 bits per heavy atom. The van der Waals surface area contributed by atoms with Gasteiger partial charge in [-0.05, 0) is 23.6 Å². The lowest BCUT2D eigenvalue weighted by molar-refractivity contribution is -0.138. The third-order valence-corrected chi connectivity index (χ3v) is 3.13. The Morgan fingerprint density at radius 3 is 2.43 bits per heavy atom. The molecule has 6 heteroatoms. The van der Waals surface area contributed by atoms with E-state index in [1.807, 2.05) is 18.7 Å². The largest absolute Gasteiger partial charge is 0.416 e. The van der Waals surface area contributed by atoms with Crippen LogP contribution in [-0.4, -0.2) is 26.8 Å². The topological polar surface area (TPSA) is 38.5 Å². The Bertz CT molecular complexity index is 447. The van der Waals surface area contributed by atoms with Crippen molar-refractivity contribution in [1.82, 2.24) is 0 Å². The zero-order valence-corrected chi connectivity index (χ0v) is 12.7. The van der Waals surface area contributed by atoms with Gasteiger partial charge in [-0.25, -0.2) is 0 Å². The smallest absolute Gasteiger partial charge is 0.383 e. The van der Waals surface area contributed by atoms with Crippen LogP contribution in [0.2, 0.25) is 0 Å². The number of rotatable bonds is 7. The fraction of sp³-hybridized carbons (Fsp3) is 0.600. The first-order valence-corrected chi connectivity index (χ1v) is 6.93. The molecule has 0 spiro atoms. The molecule has 1 rings (SSSR count). The monoisotopic (exact) mass is 304 g/mol. The number of nitrogens with two attached hydrogens (primary N) is 1. The highest BCUT2D eigenvalue weighted by molar-refractivity contribution is 5.52. The fourth-order valence-corrected chi connectivity index (χ4v) is 2.17. The van der Waals surface area contributed by atoms with Crippen LogP contribution in [0.1, 0.15) is 25.0 Å². The molecule has 0 saturated carbocycles. The summed E-state index contributed by atoms with van der Waals surface area (Å²) in [6, 6.07) is 4.33. The molecule has 0 aliphatic heterocycles. The number of alkyl halides is 3. The fourth-order valence-electron chi connectivity index (χ4n) is 2.17. The van der Waals surface area contributed by atoms with Gasteiger partial charge in [0.25, 0.3) is 0 Å². The molecule has 0 saturated heterocycles. The number of anilines is 1. The van der Waals surface area contributed by atoms with Gasteiger partial charge in [-0.15, -0.1) is 0 Å². The average Bonchev–Trinajstić information content (AvgIpc) is 2.41. The van der Waals surface area contributed by atoms with Gasteiger partial charge in [0.15, 0.2) is 0 Å². The lowest BCUT2D eigenvalue weighted by atomic mass is 10.0. The molecule has 3 nitrogen and oxygen atoms in total. The van der Waals surface area contributed by atoms with Crippen molar-refractivity contribution in [3.63, 3.8) is 0 Å². The van der Waals surface area contributed by atoms with E-state index < -0.39 is 11.7 Å². The molecule has 0 bridgehead atoms. The number of hydrogen-bond donors (Lipinski definition) is 1. The minimum atomic E-state index is -4.39. The van der Waals surface area contributed by atoms with Crippen molar-refractivity contribution in [2.24, 2.45) is 11.7 Å². The second-order valence-corrected chi connectivity index (χ2v) is 5.38. The maximum Gasteiger partial charge on any atom is 0.416 e. The molecule has 0 amide bonds. The van der Waals surface area contributed by atoms with E-state index in [1.165, 1.54) is 12.1 Å². The second kappa shape index (κ2) is 7.66. The number of halogens is 3. The van der Waals surface area contributed by atoms with Crippen LogP contribution in [0.25, 0.3) is 0 Å². The third kappa shape index (κ3) is 5.21. The molecule has 0 aliphatic rings. The van der Waals surface area contributed by atoms with Gasteiger partial charge in [0.2, 0.25) is 0 Å².